The van der Waals surface area contributed by atoms with Crippen LogP contribution in [0.4, 0.5) is 13.2 Å². The molecular formula is C18H27ClF3IN4O. The molecule has 1 unspecified atom stereocenters. The predicted molar refractivity (Wildman–Crippen MR) is 117 cm³/mol. The molecule has 0 radical (unpaired) electrons. The van der Waals surface area contributed by atoms with Gasteiger partial charge in [-0.1, -0.05) is 17.7 Å². The molecule has 1 aromatic rings. The van der Waals surface area contributed by atoms with Gasteiger partial charge in [0.25, 0.3) is 0 Å². The molecule has 0 aromatic heterocycles. The maximum atomic E-state index is 12.5. The lowest BCUT2D eigenvalue weighted by Crippen LogP contribution is -2.41. The van der Waals surface area contributed by atoms with E-state index >= 15 is 0 Å². The van der Waals surface area contributed by atoms with E-state index in [1.807, 2.05) is 12.1 Å². The summed E-state index contributed by atoms with van der Waals surface area (Å²) in [6, 6.07) is 5.56. The van der Waals surface area contributed by atoms with Crippen molar-refractivity contribution < 1.29 is 17.9 Å². The molecule has 1 aliphatic rings. The van der Waals surface area contributed by atoms with E-state index in [1.165, 1.54) is 4.90 Å². The van der Waals surface area contributed by atoms with Crippen LogP contribution in [0.25, 0.3) is 0 Å². The van der Waals surface area contributed by atoms with Crippen molar-refractivity contribution in [1.29, 1.82) is 0 Å². The first-order valence-corrected chi connectivity index (χ1v) is 9.24. The molecule has 1 fully saturated rings. The van der Waals surface area contributed by atoms with E-state index in [0.717, 1.165) is 12.0 Å². The molecule has 1 saturated heterocycles. The van der Waals surface area contributed by atoms with Gasteiger partial charge in [-0.2, -0.15) is 13.2 Å². The third-order valence-electron chi connectivity index (χ3n) is 4.50. The fourth-order valence-corrected chi connectivity index (χ4v) is 3.38. The summed E-state index contributed by atoms with van der Waals surface area (Å²) in [5.41, 5.74) is 0.999. The summed E-state index contributed by atoms with van der Waals surface area (Å²) in [7, 11) is 3.26. The van der Waals surface area contributed by atoms with E-state index in [-0.39, 0.29) is 29.9 Å². The average molecular weight is 535 g/mol. The maximum Gasteiger partial charge on any atom is 0.401 e. The quantitative estimate of drug-likeness (QED) is 0.319. The fraction of sp³-hybridized carbons (Fsp3) is 0.611. The molecule has 0 amide bonds. The number of alkyl halides is 3. The van der Waals surface area contributed by atoms with Gasteiger partial charge in [0.15, 0.2) is 5.96 Å². The van der Waals surface area contributed by atoms with Gasteiger partial charge >= 0.3 is 6.18 Å². The highest BCUT2D eigenvalue weighted by molar-refractivity contribution is 14.0. The molecule has 0 saturated carbocycles. The summed E-state index contributed by atoms with van der Waals surface area (Å²) < 4.78 is 42.5. The molecule has 1 atom stereocenters. The molecular weight excluding hydrogens is 508 g/mol. The smallest absolute Gasteiger partial charge is 0.401 e. The summed E-state index contributed by atoms with van der Waals surface area (Å²) in [5.74, 6) is 1.53. The monoisotopic (exact) mass is 534 g/mol. The second-order valence-electron chi connectivity index (χ2n) is 6.59. The first kappa shape index (κ1) is 25.1. The second-order valence-corrected chi connectivity index (χ2v) is 7.00. The number of benzene rings is 1. The fourth-order valence-electron chi connectivity index (χ4n) is 3.11. The third-order valence-corrected chi connectivity index (χ3v) is 4.85. The zero-order chi connectivity index (χ0) is 19.9. The number of hydrogen-bond donors (Lipinski definition) is 2. The highest BCUT2D eigenvalue weighted by atomic mass is 127. The Morgan fingerprint density at radius 3 is 2.71 bits per heavy atom. The van der Waals surface area contributed by atoms with Crippen LogP contribution < -0.4 is 15.4 Å². The van der Waals surface area contributed by atoms with Crippen molar-refractivity contribution in [3.8, 4) is 5.75 Å². The van der Waals surface area contributed by atoms with Gasteiger partial charge in [0.2, 0.25) is 0 Å². The lowest BCUT2D eigenvalue weighted by Gasteiger charge is -2.18. The van der Waals surface area contributed by atoms with E-state index in [9.17, 15) is 13.2 Å². The number of nitrogens with one attached hydrogen (secondary N) is 2. The highest BCUT2D eigenvalue weighted by Gasteiger charge is 2.34. The van der Waals surface area contributed by atoms with Crippen LogP contribution >= 0.6 is 35.6 Å². The molecule has 1 aromatic carbocycles. The highest BCUT2D eigenvalue weighted by Crippen LogP contribution is 2.23. The summed E-state index contributed by atoms with van der Waals surface area (Å²) in [5, 5.41) is 7.04. The standard InChI is InChI=1S/C18H26ClF3N4O.HI/c1-23-17(24-7-5-14-3-4-15(27-2)9-16(14)19)25-10-13-6-8-26(11-13)12-18(20,21)22;/h3-4,9,13H,5-8,10-12H2,1-2H3,(H2,23,24,25);1H. The van der Waals surface area contributed by atoms with Crippen LogP contribution in [0, 0.1) is 5.92 Å². The lowest BCUT2D eigenvalue weighted by molar-refractivity contribution is -0.143. The van der Waals surface area contributed by atoms with Gasteiger partial charge in [-0.05, 0) is 43.0 Å². The van der Waals surface area contributed by atoms with Gasteiger partial charge in [0.05, 0.1) is 13.7 Å². The van der Waals surface area contributed by atoms with Gasteiger partial charge in [-0.15, -0.1) is 24.0 Å². The Morgan fingerprint density at radius 1 is 1.36 bits per heavy atom. The number of ether oxygens (including phenoxy) is 1. The van der Waals surface area contributed by atoms with Crippen molar-refractivity contribution in [2.75, 3.05) is 46.9 Å². The van der Waals surface area contributed by atoms with Crippen LogP contribution in [-0.4, -0.2) is 63.9 Å². The molecule has 1 aliphatic heterocycles. The van der Waals surface area contributed by atoms with Crippen LogP contribution in [-0.2, 0) is 6.42 Å². The second kappa shape index (κ2) is 11.9. The SMILES string of the molecule is CN=C(NCCc1ccc(OC)cc1Cl)NCC1CCN(CC(F)(F)F)C1.I. The van der Waals surface area contributed by atoms with Gasteiger partial charge in [-0.3, -0.25) is 9.89 Å². The number of likely N-dealkylation sites (tertiary alicyclic amines) is 1. The molecule has 1 heterocycles. The number of halogens is 5. The van der Waals surface area contributed by atoms with Gasteiger partial charge in [0, 0.05) is 31.7 Å². The van der Waals surface area contributed by atoms with Crippen LogP contribution in [0.2, 0.25) is 5.02 Å². The predicted octanol–water partition coefficient (Wildman–Crippen LogP) is 3.56. The van der Waals surface area contributed by atoms with Crippen LogP contribution in [0.5, 0.6) is 5.75 Å². The summed E-state index contributed by atoms with van der Waals surface area (Å²) >= 11 is 6.23. The number of aliphatic imine (C=N–C) groups is 1. The third kappa shape index (κ3) is 8.60. The van der Waals surface area contributed by atoms with Crippen molar-refractivity contribution in [3.63, 3.8) is 0 Å². The molecule has 0 spiro atoms. The van der Waals surface area contributed by atoms with Crippen LogP contribution in [0.3, 0.4) is 0 Å². The molecule has 2 rings (SSSR count). The van der Waals surface area contributed by atoms with E-state index in [4.69, 9.17) is 16.3 Å². The Bertz CT molecular complexity index is 646. The Morgan fingerprint density at radius 2 is 2.11 bits per heavy atom. The van der Waals surface area contributed by atoms with Crippen molar-refractivity contribution in [2.24, 2.45) is 10.9 Å². The maximum absolute atomic E-state index is 12.5. The summed E-state index contributed by atoms with van der Waals surface area (Å²) in [6.45, 7) is 1.33. The minimum atomic E-state index is -4.14. The first-order valence-electron chi connectivity index (χ1n) is 8.86. The lowest BCUT2D eigenvalue weighted by atomic mass is 10.1. The number of rotatable bonds is 7. The number of guanidine groups is 1. The molecule has 10 heteroatoms. The number of nitrogens with zero attached hydrogens (tertiary/aromatic N) is 2. The molecule has 0 bridgehead atoms. The number of methoxy groups -OCH3 is 1. The largest absolute Gasteiger partial charge is 0.497 e. The van der Waals surface area contributed by atoms with Gasteiger partial charge in [0.1, 0.15) is 5.75 Å². The van der Waals surface area contributed by atoms with Crippen molar-refractivity contribution in [3.05, 3.63) is 28.8 Å². The zero-order valence-corrected chi connectivity index (χ0v) is 19.1. The molecule has 0 aliphatic carbocycles. The minimum absolute atomic E-state index is 0. The van der Waals surface area contributed by atoms with Crippen molar-refractivity contribution in [1.82, 2.24) is 15.5 Å². The Balaban J connectivity index is 0.00000392. The topological polar surface area (TPSA) is 48.9 Å². The average Bonchev–Trinajstić information content (AvgIpc) is 3.04. The Hall–Kier alpha value is -0.940. The van der Waals surface area contributed by atoms with Crippen LogP contribution in [0.1, 0.15) is 12.0 Å². The van der Waals surface area contributed by atoms with E-state index in [0.29, 0.717) is 49.3 Å². The molecule has 2 N–H and O–H groups in total. The summed E-state index contributed by atoms with van der Waals surface area (Å²) in [4.78, 5) is 5.61. The van der Waals surface area contributed by atoms with E-state index < -0.39 is 12.7 Å². The van der Waals surface area contributed by atoms with Crippen molar-refractivity contribution >= 4 is 41.5 Å². The molecule has 28 heavy (non-hydrogen) atoms. The normalized spacial score (nSPS) is 17.9. The van der Waals surface area contributed by atoms with Crippen LogP contribution in [0.15, 0.2) is 23.2 Å². The molecule has 160 valence electrons. The minimum Gasteiger partial charge on any atom is -0.497 e. The van der Waals surface area contributed by atoms with E-state index in [1.54, 1.807) is 20.2 Å². The zero-order valence-electron chi connectivity index (χ0n) is 16.0. The number of hydrogen-bond acceptors (Lipinski definition) is 3. The Labute approximate surface area is 186 Å². The van der Waals surface area contributed by atoms with Crippen molar-refractivity contribution in [2.45, 2.75) is 19.0 Å². The Kier molecular flexibility index (Phi) is 10.7. The van der Waals surface area contributed by atoms with Gasteiger partial charge in [-0.25, -0.2) is 0 Å². The molecule has 5 nitrogen and oxygen atoms in total. The van der Waals surface area contributed by atoms with E-state index in [2.05, 4.69) is 15.6 Å². The van der Waals surface area contributed by atoms with Gasteiger partial charge < -0.3 is 15.4 Å². The summed E-state index contributed by atoms with van der Waals surface area (Å²) in [6.07, 6.45) is -2.67. The first-order chi connectivity index (χ1) is 12.8.